The number of anilines is 1. The summed E-state index contributed by atoms with van der Waals surface area (Å²) in [5.41, 5.74) is 7.10. The minimum absolute atomic E-state index is 0.103. The summed E-state index contributed by atoms with van der Waals surface area (Å²) in [6.07, 6.45) is 13.4. The maximum atomic E-state index is 5.85. The lowest BCUT2D eigenvalue weighted by atomic mass is 9.79. The molecular formula is C61H65N7O2. The van der Waals surface area contributed by atoms with E-state index in [-0.39, 0.29) is 12.2 Å². The summed E-state index contributed by atoms with van der Waals surface area (Å²) in [6, 6.07) is 52.5. The van der Waals surface area contributed by atoms with E-state index in [4.69, 9.17) is 29.9 Å². The third-order valence-electron chi connectivity index (χ3n) is 14.3. The summed E-state index contributed by atoms with van der Waals surface area (Å²) in [4.78, 5) is 0. The Morgan fingerprint density at radius 1 is 0.457 bits per heavy atom. The van der Waals surface area contributed by atoms with Crippen molar-refractivity contribution in [3.8, 4) is 11.5 Å². The molecule has 0 heterocycles. The molecule has 0 aliphatic heterocycles. The molecule has 9 heteroatoms. The zero-order valence-electron chi connectivity index (χ0n) is 41.2. The number of hydrogen-bond acceptors (Lipinski definition) is 9. The van der Waals surface area contributed by atoms with Crippen molar-refractivity contribution >= 4 is 72.1 Å². The zero-order valence-corrected chi connectivity index (χ0v) is 41.2. The van der Waals surface area contributed by atoms with Gasteiger partial charge < -0.3 is 14.8 Å². The highest BCUT2D eigenvalue weighted by molar-refractivity contribution is 6.02. The largest absolute Gasteiger partial charge is 0.458 e. The van der Waals surface area contributed by atoms with Crippen LogP contribution in [0.1, 0.15) is 97.5 Å². The van der Waals surface area contributed by atoms with Gasteiger partial charge in [0.05, 0.1) is 34.1 Å². The van der Waals surface area contributed by atoms with Crippen molar-refractivity contribution in [3.05, 3.63) is 163 Å². The van der Waals surface area contributed by atoms with Crippen LogP contribution >= 0.6 is 0 Å². The minimum Gasteiger partial charge on any atom is -0.458 e. The second-order valence-corrected chi connectivity index (χ2v) is 19.4. The van der Waals surface area contributed by atoms with Gasteiger partial charge in [0.1, 0.15) is 11.5 Å². The Kier molecular flexibility index (Phi) is 15.6. The molecule has 0 atom stereocenters. The Morgan fingerprint density at radius 2 is 0.886 bits per heavy atom. The summed E-state index contributed by atoms with van der Waals surface area (Å²) in [5, 5.41) is 38.2. The van der Waals surface area contributed by atoms with Gasteiger partial charge in [-0.2, -0.15) is 5.11 Å². The summed E-state index contributed by atoms with van der Waals surface area (Å²) < 4.78 is 11.7. The van der Waals surface area contributed by atoms with Crippen molar-refractivity contribution in [1.82, 2.24) is 0 Å². The fourth-order valence-electron chi connectivity index (χ4n) is 9.55. The Labute approximate surface area is 413 Å². The molecule has 0 aromatic heterocycles. The van der Waals surface area contributed by atoms with Crippen LogP contribution in [0.5, 0.6) is 11.5 Å². The quantitative estimate of drug-likeness (QED) is 0.0467. The molecule has 8 aromatic carbocycles. The van der Waals surface area contributed by atoms with Gasteiger partial charge in [0.2, 0.25) is 6.79 Å². The predicted octanol–water partition coefficient (Wildman–Crippen LogP) is 19.7. The van der Waals surface area contributed by atoms with Crippen LogP contribution in [-0.4, -0.2) is 13.3 Å². The molecule has 1 fully saturated rings. The highest BCUT2D eigenvalue weighted by Gasteiger charge is 2.21. The molecule has 1 aliphatic rings. The number of nitrogens with one attached hydrogen (secondary N) is 1. The molecule has 70 heavy (non-hydrogen) atoms. The van der Waals surface area contributed by atoms with Gasteiger partial charge in [-0.3, -0.25) is 0 Å². The first-order valence-corrected chi connectivity index (χ1v) is 25.4. The van der Waals surface area contributed by atoms with E-state index in [0.717, 1.165) is 91.6 Å². The van der Waals surface area contributed by atoms with Crippen molar-refractivity contribution in [3.63, 3.8) is 0 Å². The molecule has 9 rings (SSSR count). The lowest BCUT2D eigenvalue weighted by Gasteiger charge is -2.29. The number of rotatable bonds is 20. The second kappa shape index (κ2) is 22.9. The second-order valence-electron chi connectivity index (χ2n) is 19.4. The van der Waals surface area contributed by atoms with E-state index in [0.29, 0.717) is 11.4 Å². The molecule has 0 amide bonds. The summed E-state index contributed by atoms with van der Waals surface area (Å²) in [5.74, 6) is 3.10. The number of benzene rings is 8. The van der Waals surface area contributed by atoms with Gasteiger partial charge in [-0.05, 0) is 115 Å². The molecule has 0 saturated heterocycles. The fourth-order valence-corrected chi connectivity index (χ4v) is 9.55. The Hall–Kier alpha value is -7.26. The average Bonchev–Trinajstić information content (AvgIpc) is 3.41. The van der Waals surface area contributed by atoms with Crippen molar-refractivity contribution in [2.75, 3.05) is 18.7 Å². The van der Waals surface area contributed by atoms with Gasteiger partial charge in [0.25, 0.3) is 0 Å². The first kappa shape index (κ1) is 47.8. The minimum atomic E-state index is 0.103. The van der Waals surface area contributed by atoms with Crippen molar-refractivity contribution in [2.24, 2.45) is 42.5 Å². The van der Waals surface area contributed by atoms with Crippen LogP contribution in [0, 0.1) is 11.8 Å². The molecule has 0 spiro atoms. The van der Waals surface area contributed by atoms with Crippen LogP contribution in [0.2, 0.25) is 0 Å². The summed E-state index contributed by atoms with van der Waals surface area (Å²) in [7, 11) is 0. The van der Waals surface area contributed by atoms with Crippen molar-refractivity contribution < 1.29 is 9.47 Å². The van der Waals surface area contributed by atoms with Gasteiger partial charge in [-0.15, -0.1) is 25.6 Å². The number of hydrogen-bond donors (Lipinski definition) is 1. The van der Waals surface area contributed by atoms with E-state index >= 15 is 0 Å². The number of nitrogens with zero attached hydrogens (tertiary/aromatic N) is 6. The molecule has 1 N–H and O–H groups in total. The highest BCUT2D eigenvalue weighted by atomic mass is 16.7. The van der Waals surface area contributed by atoms with E-state index in [1.165, 1.54) is 68.7 Å². The smallest absolute Gasteiger partial charge is 0.230 e. The van der Waals surface area contributed by atoms with Gasteiger partial charge in [0, 0.05) is 44.5 Å². The topological polar surface area (TPSA) is 105 Å². The first-order valence-electron chi connectivity index (χ1n) is 25.4. The van der Waals surface area contributed by atoms with E-state index in [1.807, 2.05) is 97.1 Å². The molecule has 0 bridgehead atoms. The van der Waals surface area contributed by atoms with Crippen LogP contribution in [-0.2, 0) is 5.41 Å². The average molecular weight is 928 g/mol. The fraction of sp³-hybridized carbons (Fsp3) is 0.311. The van der Waals surface area contributed by atoms with Gasteiger partial charge in [-0.1, -0.05) is 158 Å². The number of fused-ring (bicyclic) bond motifs is 3. The number of unbranched alkanes of at least 4 members (excludes halogenated alkanes) is 3. The van der Waals surface area contributed by atoms with E-state index in [9.17, 15) is 0 Å². The molecule has 8 aromatic rings. The normalized spacial score (nSPS) is 15.5. The third kappa shape index (κ3) is 11.8. The van der Waals surface area contributed by atoms with Crippen LogP contribution in [0.25, 0.3) is 32.3 Å². The van der Waals surface area contributed by atoms with Crippen LogP contribution in [0.4, 0.5) is 39.8 Å². The maximum Gasteiger partial charge on any atom is 0.230 e. The van der Waals surface area contributed by atoms with E-state index in [2.05, 4.69) is 104 Å². The third-order valence-corrected chi connectivity index (χ3v) is 14.3. The Morgan fingerprint density at radius 3 is 1.37 bits per heavy atom. The predicted molar refractivity (Wildman–Crippen MR) is 289 cm³/mol. The Bertz CT molecular complexity index is 3100. The first-order chi connectivity index (χ1) is 34.3. The highest BCUT2D eigenvalue weighted by Crippen LogP contribution is 2.40. The molecular weight excluding hydrogens is 863 g/mol. The van der Waals surface area contributed by atoms with Crippen molar-refractivity contribution in [1.29, 1.82) is 0 Å². The molecule has 1 saturated carbocycles. The van der Waals surface area contributed by atoms with E-state index in [1.54, 1.807) is 0 Å². The lowest BCUT2D eigenvalue weighted by molar-refractivity contribution is 0.120. The van der Waals surface area contributed by atoms with Crippen LogP contribution in [0.3, 0.4) is 0 Å². The molecule has 0 radical (unpaired) electrons. The Balaban J connectivity index is 0.841. The maximum absolute atomic E-state index is 5.85. The van der Waals surface area contributed by atoms with Gasteiger partial charge in [-0.25, -0.2) is 0 Å². The van der Waals surface area contributed by atoms with Gasteiger partial charge >= 0.3 is 0 Å². The lowest BCUT2D eigenvalue weighted by Crippen LogP contribution is -2.21. The van der Waals surface area contributed by atoms with Crippen LogP contribution < -0.4 is 14.8 Å². The van der Waals surface area contributed by atoms with Gasteiger partial charge in [0.15, 0.2) is 0 Å². The summed E-state index contributed by atoms with van der Waals surface area (Å²) in [6.45, 7) is 10.1. The van der Waals surface area contributed by atoms with Crippen molar-refractivity contribution in [2.45, 2.75) is 97.3 Å². The summed E-state index contributed by atoms with van der Waals surface area (Å²) >= 11 is 0. The standard InChI is InChI=1S/C61H65N7O2/c1-5-7-8-9-16-43-23-25-44(26-24-43)41-62-55-35-36-57(50-18-11-10-17-49(50)55)65-66-59-39-40-60(54-22-15-14-21-53(54)59)68-67-58-38-37-56(51-19-12-13-20-52(51)58)64-63-46-29-33-48(34-30-46)70-42-69-47-31-27-45(28-32-47)61(3,4)6-2/h10-15,17-22,27-40,43-44,62H,5-9,16,23-26,41-42H2,1-4H3. The molecule has 9 nitrogen and oxygen atoms in total. The van der Waals surface area contributed by atoms with E-state index < -0.39 is 0 Å². The monoisotopic (exact) mass is 928 g/mol. The molecule has 0 unspecified atom stereocenters. The SMILES string of the molecule is CCCCCCC1CCC(CNc2ccc(N=Nc3ccc(N=Nc4ccc(N=Nc5ccc(OCOc6ccc(C(C)(C)CC)cc6)cc5)c5ccccc45)c4ccccc34)c3ccccc23)CC1. The zero-order chi connectivity index (χ0) is 48.1. The number of ether oxygens (including phenoxy) is 2. The van der Waals surface area contributed by atoms with Crippen LogP contribution in [0.15, 0.2) is 188 Å². The molecule has 1 aliphatic carbocycles. The molecule has 356 valence electrons. The number of azo groups is 3.